The number of nitrogens with one attached hydrogen (secondary N) is 7. The van der Waals surface area contributed by atoms with Crippen molar-refractivity contribution in [3.8, 4) is 5.75 Å². The number of H-pyrrole nitrogens is 5. The van der Waals surface area contributed by atoms with E-state index in [1.165, 1.54) is 23.9 Å². The topological polar surface area (TPSA) is 347 Å². The smallest absolute Gasteiger partial charge is 0.438 e. The molecule has 0 spiro atoms. The van der Waals surface area contributed by atoms with Crippen LogP contribution in [0.1, 0.15) is 180 Å². The van der Waals surface area contributed by atoms with Crippen LogP contribution in [0, 0.1) is 11.8 Å². The molecule has 0 saturated carbocycles. The minimum Gasteiger partial charge on any atom is -0.502 e. The average Bonchev–Trinajstić information content (AvgIpc) is 4.15. The molecule has 6 rings (SSSR count). The minimum atomic E-state index is -0.487. The van der Waals surface area contributed by atoms with Gasteiger partial charge in [0.05, 0.1) is 6.26 Å². The molecule has 6 heterocycles. The Labute approximate surface area is 409 Å². The Hall–Kier alpha value is -6.50. The van der Waals surface area contributed by atoms with Crippen molar-refractivity contribution in [2.45, 2.75) is 146 Å². The van der Waals surface area contributed by atoms with E-state index in [4.69, 9.17) is 14.0 Å². The molecule has 0 aliphatic heterocycles. The van der Waals surface area contributed by atoms with Crippen LogP contribution in [-0.2, 0) is 9.59 Å². The lowest BCUT2D eigenvalue weighted by Gasteiger charge is -2.01. The number of hydrogen-bond donors (Lipinski definition) is 8. The van der Waals surface area contributed by atoms with Gasteiger partial charge in [0.2, 0.25) is 17.2 Å². The van der Waals surface area contributed by atoms with Gasteiger partial charge in [0.15, 0.2) is 17.4 Å². The van der Waals surface area contributed by atoms with Crippen LogP contribution in [0.15, 0.2) is 62.1 Å². The predicted molar refractivity (Wildman–Crippen MR) is 267 cm³/mol. The zero-order chi connectivity index (χ0) is 53.6. The van der Waals surface area contributed by atoms with Crippen molar-refractivity contribution in [2.75, 3.05) is 14.1 Å². The van der Waals surface area contributed by atoms with Crippen LogP contribution < -0.4 is 38.5 Å². The molecule has 0 saturated heterocycles. The number of rotatable bonds is 8. The van der Waals surface area contributed by atoms with Crippen LogP contribution in [0.25, 0.3) is 0 Å². The zero-order valence-electron chi connectivity index (χ0n) is 43.0. The van der Waals surface area contributed by atoms with E-state index in [1.54, 1.807) is 20.2 Å². The summed E-state index contributed by atoms with van der Waals surface area (Å²) in [7, 11) is 3.28. The van der Waals surface area contributed by atoms with E-state index in [9.17, 15) is 33.6 Å². The highest BCUT2D eigenvalue weighted by Gasteiger charge is 2.09. The van der Waals surface area contributed by atoms with Crippen molar-refractivity contribution in [1.29, 1.82) is 0 Å². The molecule has 0 radical (unpaired) electrons. The molecule has 6 aromatic heterocycles. The molecule has 0 bridgehead atoms. The highest BCUT2D eigenvalue weighted by Crippen LogP contribution is 2.15. The SMILES string of the molecule is CC(C)c1cc(=O)[nH]o1.CC(C)c1cc(=O)[nH]s1.CC(C)c1cocc(O)c1=O.CC(C)c1nn[nH]n1.CC(C)c1noc(=O)[nH]1.CC(C)c1ns[nH]c1=O.CNC(=O)C(C)C.CNC(=O)C(C)C. The quantitative estimate of drug-likeness (QED) is 0.0790. The Bertz CT molecular complexity index is 2410. The number of carbonyl (C=O) groups is 2. The molecule has 2 amide bonds. The van der Waals surface area contributed by atoms with Crippen molar-refractivity contribution in [1.82, 2.24) is 59.7 Å². The number of hydrogen-bond acceptors (Lipinski definition) is 18. The van der Waals surface area contributed by atoms with Gasteiger partial charge in [0, 0.05) is 83.9 Å². The Kier molecular flexibility index (Phi) is 32.5. The maximum Gasteiger partial charge on any atom is 0.438 e. The fourth-order valence-corrected chi connectivity index (χ4v) is 5.35. The van der Waals surface area contributed by atoms with Gasteiger partial charge in [0.1, 0.15) is 17.7 Å². The third kappa shape index (κ3) is 28.4. The number of aromatic nitrogens is 10. The van der Waals surface area contributed by atoms with Gasteiger partial charge in [-0.2, -0.15) is 14.7 Å². The third-order valence-electron chi connectivity index (χ3n) is 8.20. The Morgan fingerprint density at radius 2 is 1.28 bits per heavy atom. The Morgan fingerprint density at radius 3 is 1.49 bits per heavy atom. The summed E-state index contributed by atoms with van der Waals surface area (Å²) in [6.07, 6.45) is 2.40. The van der Waals surface area contributed by atoms with Crippen LogP contribution in [0.5, 0.6) is 5.75 Å². The van der Waals surface area contributed by atoms with Crippen molar-refractivity contribution < 1.29 is 28.2 Å². The number of aromatic amines is 5. The first kappa shape index (κ1) is 64.6. The number of carbonyl (C=O) groups excluding carboxylic acids is 2. The second kappa shape index (κ2) is 34.7. The largest absolute Gasteiger partial charge is 0.502 e. The summed E-state index contributed by atoms with van der Waals surface area (Å²) in [5.41, 5.74) is 0.605. The number of amides is 2. The summed E-state index contributed by atoms with van der Waals surface area (Å²) in [5, 5.41) is 33.0. The maximum absolute atomic E-state index is 11.1. The van der Waals surface area contributed by atoms with E-state index in [1.807, 2.05) is 96.9 Å². The monoisotopic (exact) mass is 1010 g/mol. The van der Waals surface area contributed by atoms with Gasteiger partial charge in [-0.05, 0) is 11.8 Å². The molecule has 0 aliphatic carbocycles. The molecule has 0 atom stereocenters. The maximum atomic E-state index is 11.1. The second-order valence-electron chi connectivity index (χ2n) is 17.0. The zero-order valence-corrected chi connectivity index (χ0v) is 44.6. The molecule has 8 N–H and O–H groups in total. The first-order chi connectivity index (χ1) is 32.1. The Balaban J connectivity index is 0. The van der Waals surface area contributed by atoms with Crippen LogP contribution >= 0.6 is 23.3 Å². The van der Waals surface area contributed by atoms with Crippen LogP contribution in [0.3, 0.4) is 0 Å². The predicted octanol–water partition coefficient (Wildman–Crippen LogP) is 6.66. The molecule has 0 unspecified atom stereocenters. The first-order valence-corrected chi connectivity index (χ1v) is 23.6. The van der Waals surface area contributed by atoms with Crippen molar-refractivity contribution in [3.05, 3.63) is 110 Å². The van der Waals surface area contributed by atoms with E-state index in [0.717, 1.165) is 28.7 Å². The lowest BCUT2D eigenvalue weighted by Crippen LogP contribution is -2.22. The van der Waals surface area contributed by atoms with Gasteiger partial charge < -0.3 is 24.7 Å². The van der Waals surface area contributed by atoms with Crippen molar-refractivity contribution in [2.24, 2.45) is 11.8 Å². The molecule has 25 heteroatoms. The van der Waals surface area contributed by atoms with Gasteiger partial charge in [-0.25, -0.2) is 4.79 Å². The molecule has 23 nitrogen and oxygen atoms in total. The highest BCUT2D eigenvalue weighted by atomic mass is 32.1. The standard InChI is InChI=1S/C8H10O3.C6H9NO2.C6H9NOS.C5H8N2O2.C5H8N2OS.2C5H11NO.C4H8N4/c1-5(2)6-3-11-4-7(9)8(6)10;2*1-4(2)5-3-6(8)7-9-5;1-3(2)4-6-5(8)9-7-4;1-3(2)4-5(8)7-9-6-4;2*1-4(2)5(7)6-3;1-3(2)4-5-7-8-6-4/h3-5,9H,1-2H3;2*3-4H,1-2H3,(H,7,8);3H,1-2H3,(H,6,7,8);3H,1-2H3,(H,7,8);2*4H,1-3H3,(H,6,7);3H,1-2H3,(H,5,6,7,8). The fourth-order valence-electron chi connectivity index (χ4n) is 4.05. The lowest BCUT2D eigenvalue weighted by molar-refractivity contribution is -0.124. The molecular formula is C44H74N12O11S2. The van der Waals surface area contributed by atoms with Crippen molar-refractivity contribution >= 4 is 35.1 Å². The first-order valence-electron chi connectivity index (χ1n) is 22.0. The van der Waals surface area contributed by atoms with Crippen molar-refractivity contribution in [3.63, 3.8) is 0 Å². The van der Waals surface area contributed by atoms with E-state index in [2.05, 4.69) is 78.0 Å². The van der Waals surface area contributed by atoms with Gasteiger partial charge >= 0.3 is 5.76 Å². The van der Waals surface area contributed by atoms with E-state index < -0.39 is 5.76 Å². The van der Waals surface area contributed by atoms with Crippen LogP contribution in [-0.4, -0.2) is 80.1 Å². The summed E-state index contributed by atoms with van der Waals surface area (Å²) in [6, 6.07) is 3.11. The minimum absolute atomic E-state index is 0.0173. The van der Waals surface area contributed by atoms with Gasteiger partial charge in [0.25, 0.3) is 16.7 Å². The fraction of sp³-hybridized carbons (Fsp3) is 0.591. The van der Waals surface area contributed by atoms with Gasteiger partial charge in [-0.15, -0.1) is 10.2 Å². The molecule has 0 fully saturated rings. The van der Waals surface area contributed by atoms with Crippen LogP contribution in [0.2, 0.25) is 0 Å². The number of tetrazole rings is 1. The van der Waals surface area contributed by atoms with E-state index in [-0.39, 0.29) is 75.2 Å². The second-order valence-corrected chi connectivity index (χ2v) is 18.4. The molecule has 0 aromatic carbocycles. The highest BCUT2D eigenvalue weighted by molar-refractivity contribution is 7.05. The lowest BCUT2D eigenvalue weighted by atomic mass is 10.1. The number of aromatic hydroxyl groups is 1. The number of nitrogens with zero attached hydrogens (tertiary/aromatic N) is 5. The summed E-state index contributed by atoms with van der Waals surface area (Å²) in [5.74, 6) is 3.34. The molecular weight excluding hydrogens is 937 g/mol. The molecule has 0 aliphatic rings. The van der Waals surface area contributed by atoms with E-state index >= 15 is 0 Å². The van der Waals surface area contributed by atoms with Crippen LogP contribution in [0.4, 0.5) is 0 Å². The van der Waals surface area contributed by atoms with E-state index in [0.29, 0.717) is 34.7 Å². The summed E-state index contributed by atoms with van der Waals surface area (Å²) in [4.78, 5) is 77.5. The molecule has 69 heavy (non-hydrogen) atoms. The molecule has 6 aromatic rings. The summed E-state index contributed by atoms with van der Waals surface area (Å²) in [6.45, 7) is 31.0. The molecule has 388 valence electrons. The van der Waals surface area contributed by atoms with Gasteiger partial charge in [-0.1, -0.05) is 133 Å². The normalized spacial score (nSPS) is 10.2. The average molecular weight is 1010 g/mol. The Morgan fingerprint density at radius 1 is 0.696 bits per heavy atom. The van der Waals surface area contributed by atoms with Gasteiger partial charge in [-0.3, -0.25) is 47.0 Å². The third-order valence-corrected chi connectivity index (χ3v) is 9.89. The summed E-state index contributed by atoms with van der Waals surface area (Å²) >= 11 is 2.53. The summed E-state index contributed by atoms with van der Waals surface area (Å²) < 4.78 is 22.8.